The van der Waals surface area contributed by atoms with Crippen LogP contribution in [0.25, 0.3) is 15.4 Å². The number of carbonyl (C=O) groups excluding carboxylic acids is 4. The SMILES string of the molecule is Cc1ncsc1-c1ccc(CNC(=O)[C@@H]2C[C@@H](O)CN2C(=O)[C@@H](NC(=O)COCCOCCOCCOCCNC(=O)C[C@@H]2N=C(c3ccc(Cl)cc3)c3c(sc(C)c3C)-n3c(C)nnc32)C(C)(C)C)cc1. The van der Waals surface area contributed by atoms with Crippen molar-refractivity contribution in [2.24, 2.45) is 10.4 Å². The molecule has 18 nitrogen and oxygen atoms in total. The molecular weight excluding hydrogens is 982 g/mol. The number of likely N-dealkylation sites (tertiary alicyclic amines) is 1. The van der Waals surface area contributed by atoms with Crippen LogP contribution in [0.5, 0.6) is 0 Å². The third kappa shape index (κ3) is 13.8. The summed E-state index contributed by atoms with van der Waals surface area (Å²) in [5.74, 6) is -0.190. The standard InChI is InChI=1S/C51H64ClN9O9S2/c1-30-32(3)72-50-43(30)44(35-12-14-37(52)15-13-35)56-39(47-59-58-33(4)61(47)50)25-41(63)53-16-17-67-18-19-68-20-21-69-22-23-70-28-42(64)57-46(51(5,6)7)49(66)60-27-38(62)24-40(60)48(65)54-26-34-8-10-36(11-9-34)45-31(2)55-29-71-45/h8-15,29,38-40,46,62H,16-28H2,1-7H3,(H,53,63)(H,54,65)(H,57,64)/t38-,39+,40+,46-/m1/s1. The predicted molar refractivity (Wildman–Crippen MR) is 276 cm³/mol. The van der Waals surface area contributed by atoms with Gasteiger partial charge in [-0.25, -0.2) is 4.98 Å². The Hall–Kier alpha value is -5.45. The predicted octanol–water partition coefficient (Wildman–Crippen LogP) is 5.61. The minimum absolute atomic E-state index is 0.0253. The van der Waals surface area contributed by atoms with Crippen LogP contribution in [0.15, 0.2) is 59.0 Å². The highest BCUT2D eigenvalue weighted by atomic mass is 35.5. The number of nitrogens with one attached hydrogen (secondary N) is 3. The number of aliphatic hydroxyl groups is 1. The fraction of sp³-hybridized carbons (Fsp3) is 0.490. The first-order chi connectivity index (χ1) is 34.5. The van der Waals surface area contributed by atoms with Crippen molar-refractivity contribution < 1.29 is 43.2 Å². The Morgan fingerprint density at radius 3 is 2.15 bits per heavy atom. The molecule has 3 aromatic heterocycles. The molecule has 1 fully saturated rings. The Balaban J connectivity index is 0.753. The molecule has 4 atom stereocenters. The molecule has 0 bridgehead atoms. The lowest BCUT2D eigenvalue weighted by Gasteiger charge is -2.35. The van der Waals surface area contributed by atoms with Crippen molar-refractivity contribution in [3.8, 4) is 15.4 Å². The summed E-state index contributed by atoms with van der Waals surface area (Å²) >= 11 is 9.45. The number of halogens is 1. The molecule has 5 heterocycles. The first-order valence-corrected chi connectivity index (χ1v) is 26.1. The zero-order valence-electron chi connectivity index (χ0n) is 41.8. The number of benzene rings is 2. The van der Waals surface area contributed by atoms with E-state index in [1.54, 1.807) is 22.7 Å². The van der Waals surface area contributed by atoms with Crippen LogP contribution in [0, 0.1) is 33.1 Å². The molecule has 72 heavy (non-hydrogen) atoms. The Bertz CT molecular complexity index is 2700. The van der Waals surface area contributed by atoms with E-state index in [0.717, 1.165) is 54.9 Å². The maximum Gasteiger partial charge on any atom is 0.246 e. The van der Waals surface area contributed by atoms with Gasteiger partial charge in [-0.2, -0.15) is 0 Å². The van der Waals surface area contributed by atoms with E-state index in [1.165, 1.54) is 9.78 Å². The van der Waals surface area contributed by atoms with Crippen molar-refractivity contribution in [1.82, 2.24) is 40.6 Å². The number of β-amino-alcohol motifs (C(OH)–C–C–N with tert-alkyl or cyclic N) is 1. The number of hydrogen-bond acceptors (Lipinski definition) is 15. The molecule has 2 aliphatic heterocycles. The van der Waals surface area contributed by atoms with Crippen LogP contribution >= 0.6 is 34.3 Å². The van der Waals surface area contributed by atoms with Gasteiger partial charge in [-0.1, -0.05) is 68.8 Å². The van der Waals surface area contributed by atoms with Crippen LogP contribution in [0.4, 0.5) is 0 Å². The summed E-state index contributed by atoms with van der Waals surface area (Å²) in [6.07, 6.45) is -0.718. The van der Waals surface area contributed by atoms with Crippen molar-refractivity contribution in [3.63, 3.8) is 0 Å². The number of aryl methyl sites for hydroxylation is 3. The lowest BCUT2D eigenvalue weighted by atomic mass is 9.85. The molecule has 2 aliphatic rings. The summed E-state index contributed by atoms with van der Waals surface area (Å²) in [4.78, 5) is 66.7. The van der Waals surface area contributed by atoms with Gasteiger partial charge in [0.2, 0.25) is 23.6 Å². The fourth-order valence-electron chi connectivity index (χ4n) is 8.45. The van der Waals surface area contributed by atoms with Crippen molar-refractivity contribution in [3.05, 3.63) is 104 Å². The number of aliphatic imine (C=N–C) groups is 1. The molecule has 21 heteroatoms. The quantitative estimate of drug-likeness (QED) is 0.0587. The second kappa shape index (κ2) is 25.0. The van der Waals surface area contributed by atoms with Crippen molar-refractivity contribution in [1.29, 1.82) is 0 Å². The smallest absolute Gasteiger partial charge is 0.246 e. The summed E-state index contributed by atoms with van der Waals surface area (Å²) in [6.45, 7) is 15.6. The van der Waals surface area contributed by atoms with Gasteiger partial charge in [0.15, 0.2) is 5.82 Å². The van der Waals surface area contributed by atoms with Crippen LogP contribution < -0.4 is 16.0 Å². The minimum Gasteiger partial charge on any atom is -0.391 e. The number of carbonyl (C=O) groups is 4. The average Bonchev–Trinajstić information content (AvgIpc) is 4.12. The lowest BCUT2D eigenvalue weighted by Crippen LogP contribution is -2.58. The number of ether oxygens (including phenoxy) is 4. The van der Waals surface area contributed by atoms with E-state index in [2.05, 4.69) is 45.0 Å². The molecule has 1 saturated heterocycles. The summed E-state index contributed by atoms with van der Waals surface area (Å²) < 4.78 is 24.4. The maximum absolute atomic E-state index is 14.0. The normalized spacial score (nSPS) is 16.9. The van der Waals surface area contributed by atoms with E-state index in [0.29, 0.717) is 50.4 Å². The third-order valence-electron chi connectivity index (χ3n) is 12.4. The molecule has 0 radical (unpaired) electrons. The largest absolute Gasteiger partial charge is 0.391 e. The molecule has 0 unspecified atom stereocenters. The van der Waals surface area contributed by atoms with E-state index in [-0.39, 0.29) is 57.6 Å². The van der Waals surface area contributed by atoms with Crippen molar-refractivity contribution in [2.75, 3.05) is 65.9 Å². The number of aromatic nitrogens is 4. The van der Waals surface area contributed by atoms with Gasteiger partial charge >= 0.3 is 0 Å². The summed E-state index contributed by atoms with van der Waals surface area (Å²) in [6, 6.07) is 13.0. The summed E-state index contributed by atoms with van der Waals surface area (Å²) in [5, 5.41) is 29.6. The number of nitrogens with zero attached hydrogens (tertiary/aromatic N) is 6. The molecule has 0 spiro atoms. The number of aliphatic hydroxyl groups excluding tert-OH is 1. The Morgan fingerprint density at radius 1 is 0.847 bits per heavy atom. The Kier molecular flexibility index (Phi) is 18.9. The van der Waals surface area contributed by atoms with Gasteiger partial charge in [-0.05, 0) is 61.9 Å². The van der Waals surface area contributed by atoms with Gasteiger partial charge < -0.3 is 44.9 Å². The minimum atomic E-state index is -0.978. The molecule has 386 valence electrons. The van der Waals surface area contributed by atoms with Crippen LogP contribution in [0.2, 0.25) is 5.02 Å². The number of fused-ring (bicyclic) bond motifs is 3. The van der Waals surface area contributed by atoms with Gasteiger partial charge in [-0.15, -0.1) is 32.9 Å². The Morgan fingerprint density at radius 2 is 1.50 bits per heavy atom. The topological polar surface area (TPSA) is 221 Å². The first-order valence-electron chi connectivity index (χ1n) is 24.0. The van der Waals surface area contributed by atoms with Gasteiger partial charge in [0, 0.05) is 47.1 Å². The van der Waals surface area contributed by atoms with Gasteiger partial charge in [0.05, 0.1) is 80.6 Å². The second-order valence-corrected chi connectivity index (χ2v) is 21.3. The highest BCUT2D eigenvalue weighted by molar-refractivity contribution is 7.15. The summed E-state index contributed by atoms with van der Waals surface area (Å²) in [5.41, 5.74) is 7.79. The zero-order chi connectivity index (χ0) is 51.5. The lowest BCUT2D eigenvalue weighted by molar-refractivity contribution is -0.144. The number of thiophene rings is 1. The Labute approximate surface area is 432 Å². The van der Waals surface area contributed by atoms with Crippen LogP contribution in [-0.4, -0.2) is 143 Å². The van der Waals surface area contributed by atoms with Crippen molar-refractivity contribution in [2.45, 2.75) is 92.1 Å². The third-order valence-corrected chi connectivity index (χ3v) is 14.8. The summed E-state index contributed by atoms with van der Waals surface area (Å²) in [7, 11) is 0. The molecule has 7 rings (SSSR count). The van der Waals surface area contributed by atoms with E-state index in [4.69, 9.17) is 35.5 Å². The molecule has 5 aromatic rings. The number of rotatable bonds is 23. The molecule has 2 aromatic carbocycles. The first kappa shape index (κ1) is 54.3. The van der Waals surface area contributed by atoms with E-state index in [9.17, 15) is 24.3 Å². The monoisotopic (exact) mass is 1050 g/mol. The molecule has 4 amide bonds. The highest BCUT2D eigenvalue weighted by Gasteiger charge is 2.44. The molecule has 0 saturated carbocycles. The molecule has 0 aliphatic carbocycles. The zero-order valence-corrected chi connectivity index (χ0v) is 44.2. The average molecular weight is 1050 g/mol. The van der Waals surface area contributed by atoms with E-state index >= 15 is 0 Å². The van der Waals surface area contributed by atoms with Gasteiger partial charge in [0.25, 0.3) is 0 Å². The molecular formula is C51H64ClN9O9S2. The number of thiazole rings is 1. The van der Waals surface area contributed by atoms with Gasteiger partial charge in [0.1, 0.15) is 35.6 Å². The van der Waals surface area contributed by atoms with Crippen LogP contribution in [0.3, 0.4) is 0 Å². The van der Waals surface area contributed by atoms with E-state index in [1.807, 2.05) is 93.2 Å². The van der Waals surface area contributed by atoms with Gasteiger partial charge in [-0.3, -0.25) is 28.7 Å². The fourth-order valence-corrected chi connectivity index (χ4v) is 10.6. The highest BCUT2D eigenvalue weighted by Crippen LogP contribution is 2.40. The maximum atomic E-state index is 14.0. The van der Waals surface area contributed by atoms with Crippen molar-refractivity contribution >= 4 is 63.6 Å². The van der Waals surface area contributed by atoms with E-state index < -0.39 is 41.5 Å². The molecule has 4 N–H and O–H groups in total. The second-order valence-electron chi connectivity index (χ2n) is 18.8. The van der Waals surface area contributed by atoms with Crippen LogP contribution in [-0.2, 0) is 44.7 Å². The number of amides is 4. The van der Waals surface area contributed by atoms with Crippen LogP contribution in [0.1, 0.15) is 84.1 Å². The number of hydrogen-bond donors (Lipinski definition) is 4.